The molecule has 1 fully saturated rings. The summed E-state index contributed by atoms with van der Waals surface area (Å²) in [7, 11) is 1.37. The molecule has 25 heavy (non-hydrogen) atoms. The lowest BCUT2D eigenvalue weighted by Gasteiger charge is -2.35. The van der Waals surface area contributed by atoms with Crippen LogP contribution in [0.15, 0.2) is 47.1 Å². The van der Waals surface area contributed by atoms with Gasteiger partial charge in [0, 0.05) is 26.2 Å². The number of methoxy groups -OCH3 is 1. The summed E-state index contributed by atoms with van der Waals surface area (Å²) < 4.78 is 10.2. The molecule has 0 aliphatic carbocycles. The molecular weight excluding hydrogens is 338 g/mol. The Morgan fingerprint density at radius 1 is 1.20 bits per heavy atom. The lowest BCUT2D eigenvalue weighted by molar-refractivity contribution is 0.0602. The summed E-state index contributed by atoms with van der Waals surface area (Å²) in [6, 6.07) is 11.1. The summed E-state index contributed by atoms with van der Waals surface area (Å²) in [5.74, 6) is 0.593. The maximum atomic E-state index is 11.9. The first kappa shape index (κ1) is 17.4. The molecule has 0 atom stereocenters. The van der Waals surface area contributed by atoms with Crippen molar-refractivity contribution >= 4 is 29.0 Å². The van der Waals surface area contributed by atoms with Gasteiger partial charge in [-0.25, -0.2) is 4.79 Å². The number of carbonyl (C=O) groups excluding carboxylic acids is 1. The van der Waals surface area contributed by atoms with Crippen LogP contribution in [0.1, 0.15) is 16.1 Å². The SMILES string of the molecule is COC(=O)c1ccccc1NC(=S)N1CCN(Cc2ccco2)CC1. The molecule has 2 heterocycles. The van der Waals surface area contributed by atoms with E-state index in [1.54, 1.807) is 18.4 Å². The summed E-state index contributed by atoms with van der Waals surface area (Å²) in [5.41, 5.74) is 1.14. The van der Waals surface area contributed by atoms with Crippen molar-refractivity contribution in [3.63, 3.8) is 0 Å². The number of benzene rings is 1. The number of hydrogen-bond donors (Lipinski definition) is 1. The largest absolute Gasteiger partial charge is 0.468 e. The van der Waals surface area contributed by atoms with Gasteiger partial charge in [-0.15, -0.1) is 0 Å². The third-order valence-corrected chi connectivity index (χ3v) is 4.55. The summed E-state index contributed by atoms with van der Waals surface area (Å²) in [5, 5.41) is 3.79. The number of ether oxygens (including phenoxy) is 1. The minimum absolute atomic E-state index is 0.380. The number of carbonyl (C=O) groups is 1. The second-order valence-corrected chi connectivity index (χ2v) is 6.20. The topological polar surface area (TPSA) is 58.0 Å². The van der Waals surface area contributed by atoms with E-state index < -0.39 is 0 Å². The first-order valence-corrected chi connectivity index (χ1v) is 8.56. The fourth-order valence-corrected chi connectivity index (χ4v) is 3.10. The Labute approximate surface area is 152 Å². The molecule has 1 saturated heterocycles. The predicted molar refractivity (Wildman–Crippen MR) is 99.6 cm³/mol. The second kappa shape index (κ2) is 8.13. The van der Waals surface area contributed by atoms with E-state index >= 15 is 0 Å². The van der Waals surface area contributed by atoms with Crippen molar-refractivity contribution in [2.75, 3.05) is 38.6 Å². The van der Waals surface area contributed by atoms with E-state index in [4.69, 9.17) is 21.4 Å². The lowest BCUT2D eigenvalue weighted by atomic mass is 10.2. The highest BCUT2D eigenvalue weighted by molar-refractivity contribution is 7.80. The zero-order chi connectivity index (χ0) is 17.6. The van der Waals surface area contributed by atoms with Crippen LogP contribution in [-0.2, 0) is 11.3 Å². The van der Waals surface area contributed by atoms with Crippen molar-refractivity contribution in [2.24, 2.45) is 0 Å². The van der Waals surface area contributed by atoms with Gasteiger partial charge in [-0.2, -0.15) is 0 Å². The average Bonchev–Trinajstić information content (AvgIpc) is 3.15. The number of nitrogens with zero attached hydrogens (tertiary/aromatic N) is 2. The monoisotopic (exact) mass is 359 g/mol. The number of thiocarbonyl (C=S) groups is 1. The Balaban J connectivity index is 1.56. The van der Waals surface area contributed by atoms with E-state index in [9.17, 15) is 4.79 Å². The second-order valence-electron chi connectivity index (χ2n) is 5.81. The third-order valence-electron chi connectivity index (χ3n) is 4.19. The molecule has 0 unspecified atom stereocenters. The van der Waals surface area contributed by atoms with Crippen molar-refractivity contribution in [1.82, 2.24) is 9.80 Å². The molecule has 0 radical (unpaired) electrons. The standard InChI is InChI=1S/C18H21N3O3S/c1-23-17(22)15-6-2-3-7-16(15)19-18(25)21-10-8-20(9-11-21)13-14-5-4-12-24-14/h2-7,12H,8-11,13H2,1H3,(H,19,25). The first-order chi connectivity index (χ1) is 12.2. The van der Waals surface area contributed by atoms with Gasteiger partial charge < -0.3 is 19.4 Å². The molecule has 0 bridgehead atoms. The number of anilines is 1. The van der Waals surface area contributed by atoms with Crippen LogP contribution in [0.2, 0.25) is 0 Å². The molecule has 0 saturated carbocycles. The lowest BCUT2D eigenvalue weighted by Crippen LogP contribution is -2.49. The van der Waals surface area contributed by atoms with Crippen molar-refractivity contribution in [3.8, 4) is 0 Å². The number of para-hydroxylation sites is 1. The number of nitrogens with one attached hydrogen (secondary N) is 1. The van der Waals surface area contributed by atoms with Gasteiger partial charge in [-0.1, -0.05) is 12.1 Å². The van der Waals surface area contributed by atoms with Crippen LogP contribution in [0.5, 0.6) is 0 Å². The number of hydrogen-bond acceptors (Lipinski definition) is 5. The van der Waals surface area contributed by atoms with Gasteiger partial charge in [0.1, 0.15) is 5.76 Å². The molecule has 1 aromatic heterocycles. The third kappa shape index (κ3) is 4.37. The van der Waals surface area contributed by atoms with E-state index in [2.05, 4.69) is 15.1 Å². The predicted octanol–water partition coefficient (Wildman–Crippen LogP) is 2.58. The van der Waals surface area contributed by atoms with Crippen molar-refractivity contribution in [1.29, 1.82) is 0 Å². The van der Waals surface area contributed by atoms with Crippen molar-refractivity contribution in [3.05, 3.63) is 54.0 Å². The normalized spacial score (nSPS) is 15.0. The molecule has 1 aliphatic rings. The van der Waals surface area contributed by atoms with Gasteiger partial charge in [0.05, 0.1) is 31.2 Å². The highest BCUT2D eigenvalue weighted by atomic mass is 32.1. The summed E-state index contributed by atoms with van der Waals surface area (Å²) in [6.07, 6.45) is 1.70. The Kier molecular flexibility index (Phi) is 5.67. The molecule has 6 nitrogen and oxygen atoms in total. The summed E-state index contributed by atoms with van der Waals surface area (Å²) in [4.78, 5) is 16.3. The van der Waals surface area contributed by atoms with Crippen LogP contribution in [0, 0.1) is 0 Å². The maximum absolute atomic E-state index is 11.9. The van der Waals surface area contributed by atoms with E-state index in [1.807, 2.05) is 24.3 Å². The Hall–Kier alpha value is -2.38. The van der Waals surface area contributed by atoms with Crippen molar-refractivity contribution in [2.45, 2.75) is 6.54 Å². The fraction of sp³-hybridized carbons (Fsp3) is 0.333. The molecule has 1 aromatic carbocycles. The van der Waals surface area contributed by atoms with Crippen LogP contribution in [0.25, 0.3) is 0 Å². The molecule has 2 aromatic rings. The highest BCUT2D eigenvalue weighted by Crippen LogP contribution is 2.17. The van der Waals surface area contributed by atoms with E-state index in [-0.39, 0.29) is 5.97 Å². The number of rotatable bonds is 4. The zero-order valence-electron chi connectivity index (χ0n) is 14.1. The van der Waals surface area contributed by atoms with Crippen molar-refractivity contribution < 1.29 is 13.9 Å². The molecule has 3 rings (SSSR count). The van der Waals surface area contributed by atoms with Gasteiger partial charge in [-0.3, -0.25) is 4.90 Å². The smallest absolute Gasteiger partial charge is 0.339 e. The van der Waals surface area contributed by atoms with Crippen LogP contribution in [0.3, 0.4) is 0 Å². The van der Waals surface area contributed by atoms with Crippen LogP contribution < -0.4 is 5.32 Å². The quantitative estimate of drug-likeness (QED) is 0.665. The zero-order valence-corrected chi connectivity index (χ0v) is 14.9. The molecule has 0 amide bonds. The number of furan rings is 1. The minimum Gasteiger partial charge on any atom is -0.468 e. The van der Waals surface area contributed by atoms with E-state index in [1.165, 1.54) is 7.11 Å². The Morgan fingerprint density at radius 3 is 2.64 bits per heavy atom. The van der Waals surface area contributed by atoms with Gasteiger partial charge in [0.25, 0.3) is 0 Å². The molecule has 1 aliphatic heterocycles. The van der Waals surface area contributed by atoms with E-state index in [0.717, 1.165) is 38.5 Å². The van der Waals surface area contributed by atoms with Crippen LogP contribution in [-0.4, -0.2) is 54.2 Å². The molecule has 132 valence electrons. The molecule has 1 N–H and O–H groups in total. The molecular formula is C18H21N3O3S. The molecule has 7 heteroatoms. The van der Waals surface area contributed by atoms with Gasteiger partial charge in [0.15, 0.2) is 5.11 Å². The van der Waals surface area contributed by atoms with Crippen LogP contribution in [0.4, 0.5) is 5.69 Å². The average molecular weight is 359 g/mol. The summed E-state index contributed by atoms with van der Waals surface area (Å²) in [6.45, 7) is 4.27. The molecule has 0 spiro atoms. The minimum atomic E-state index is -0.380. The first-order valence-electron chi connectivity index (χ1n) is 8.15. The van der Waals surface area contributed by atoms with Gasteiger partial charge in [0.2, 0.25) is 0 Å². The number of piperazine rings is 1. The van der Waals surface area contributed by atoms with Gasteiger partial charge in [-0.05, 0) is 36.5 Å². The van der Waals surface area contributed by atoms with Crippen LogP contribution >= 0.6 is 12.2 Å². The fourth-order valence-electron chi connectivity index (χ4n) is 2.81. The summed E-state index contributed by atoms with van der Waals surface area (Å²) >= 11 is 5.52. The Bertz CT molecular complexity index is 725. The number of esters is 1. The Morgan fingerprint density at radius 2 is 1.96 bits per heavy atom. The maximum Gasteiger partial charge on any atom is 0.339 e. The van der Waals surface area contributed by atoms with Gasteiger partial charge >= 0.3 is 5.97 Å². The van der Waals surface area contributed by atoms with E-state index in [0.29, 0.717) is 16.4 Å². The highest BCUT2D eigenvalue weighted by Gasteiger charge is 2.21.